The lowest BCUT2D eigenvalue weighted by atomic mass is 9.73. The maximum absolute atomic E-state index is 14.5. The van der Waals surface area contributed by atoms with Crippen molar-refractivity contribution in [3.8, 4) is 0 Å². The third kappa shape index (κ3) is 6.93. The minimum absolute atomic E-state index is 0.0933. The molecule has 1 aliphatic carbocycles. The maximum Gasteiger partial charge on any atom is 0.501 e. The molecule has 1 saturated heterocycles. The Kier molecular flexibility index (Phi) is 9.43. The van der Waals surface area contributed by atoms with E-state index in [1.807, 2.05) is 13.8 Å². The fourth-order valence-corrected chi connectivity index (χ4v) is 7.37. The molecule has 9 nitrogen and oxygen atoms in total. The Bertz CT molecular complexity index is 2140. The minimum atomic E-state index is -5.58. The second kappa shape index (κ2) is 13.2. The van der Waals surface area contributed by atoms with Gasteiger partial charge in [0.2, 0.25) is 0 Å². The lowest BCUT2D eigenvalue weighted by Crippen LogP contribution is -2.46. The predicted molar refractivity (Wildman–Crippen MR) is 172 cm³/mol. The number of hydrogen-bond donors (Lipinski definition) is 1. The number of aromatic nitrogens is 4. The molecule has 17 heteroatoms. The monoisotopic (exact) mass is 738 g/mol. The number of pyridine rings is 2. The zero-order valence-corrected chi connectivity index (χ0v) is 28.0. The molecule has 3 atom stereocenters. The van der Waals surface area contributed by atoms with E-state index >= 15 is 0 Å². The van der Waals surface area contributed by atoms with Gasteiger partial charge in [0.25, 0.3) is 9.84 Å². The van der Waals surface area contributed by atoms with E-state index in [0.717, 1.165) is 30.3 Å². The molecular weight excluding hydrogens is 710 g/mol. The fraction of sp³-hybridized carbons (Fsp3) is 0.333. The Hall–Kier alpha value is -4.12. The number of sulfone groups is 1. The van der Waals surface area contributed by atoms with Gasteiger partial charge in [-0.2, -0.15) is 26.3 Å². The number of nitrogens with one attached hydrogen (secondary N) is 1. The number of alkyl halides is 6. The SMILES string of the molecule is CC1CN(Cc2nc(Nc3ccc(S(=O)(=O)C(F)(F)F)cc3)c3c(n2)=CC(c2ncccc2Cl)(c2ncccc2C(F)(F)F)CC=3)CC(C)O1. The van der Waals surface area contributed by atoms with Crippen molar-refractivity contribution in [1.29, 1.82) is 0 Å². The molecule has 0 spiro atoms. The normalized spacial score (nSPS) is 21.5. The van der Waals surface area contributed by atoms with Crippen LogP contribution in [0.1, 0.15) is 43.0 Å². The summed E-state index contributed by atoms with van der Waals surface area (Å²) in [6.45, 7) is 5.17. The Morgan fingerprint density at radius 3 is 2.20 bits per heavy atom. The van der Waals surface area contributed by atoms with Gasteiger partial charge in [0.05, 0.1) is 56.4 Å². The van der Waals surface area contributed by atoms with Crippen LogP contribution in [-0.2, 0) is 32.7 Å². The number of rotatable bonds is 7. The predicted octanol–water partition coefficient (Wildman–Crippen LogP) is 5.54. The van der Waals surface area contributed by atoms with E-state index in [0.29, 0.717) is 18.3 Å². The molecule has 0 saturated carbocycles. The molecule has 1 aliphatic heterocycles. The van der Waals surface area contributed by atoms with Crippen LogP contribution in [0.3, 0.4) is 0 Å². The summed E-state index contributed by atoms with van der Waals surface area (Å²) in [4.78, 5) is 19.3. The van der Waals surface area contributed by atoms with E-state index in [1.165, 1.54) is 30.6 Å². The number of ether oxygens (including phenoxy) is 1. The average molecular weight is 739 g/mol. The molecule has 1 aromatic carbocycles. The molecule has 4 heterocycles. The summed E-state index contributed by atoms with van der Waals surface area (Å²) < 4.78 is 113. The van der Waals surface area contributed by atoms with Gasteiger partial charge < -0.3 is 10.1 Å². The summed E-state index contributed by atoms with van der Waals surface area (Å²) in [6, 6.07) is 9.16. The summed E-state index contributed by atoms with van der Waals surface area (Å²) in [5.74, 6) is 0.480. The topological polar surface area (TPSA) is 110 Å². The average Bonchev–Trinajstić information content (AvgIpc) is 3.03. The summed E-state index contributed by atoms with van der Waals surface area (Å²) in [5, 5.41) is 3.77. The first kappa shape index (κ1) is 35.7. The van der Waals surface area contributed by atoms with Crippen molar-refractivity contribution in [2.75, 3.05) is 18.4 Å². The van der Waals surface area contributed by atoms with Crippen LogP contribution in [0.15, 0.2) is 65.8 Å². The van der Waals surface area contributed by atoms with Crippen LogP contribution >= 0.6 is 11.6 Å². The van der Waals surface area contributed by atoms with Gasteiger partial charge in [0.15, 0.2) is 0 Å². The Morgan fingerprint density at radius 2 is 1.58 bits per heavy atom. The molecule has 0 bridgehead atoms. The number of fused-ring (bicyclic) bond motifs is 1. The van der Waals surface area contributed by atoms with E-state index in [1.54, 1.807) is 12.1 Å². The van der Waals surface area contributed by atoms with Crippen LogP contribution in [0.25, 0.3) is 12.2 Å². The molecular formula is C33H29ClF6N6O3S. The van der Waals surface area contributed by atoms with Crippen molar-refractivity contribution < 1.29 is 39.5 Å². The zero-order valence-electron chi connectivity index (χ0n) is 26.4. The third-order valence-electron chi connectivity index (χ3n) is 8.34. The van der Waals surface area contributed by atoms with Gasteiger partial charge in [0.1, 0.15) is 11.6 Å². The van der Waals surface area contributed by atoms with Gasteiger partial charge in [-0.25, -0.2) is 18.4 Å². The van der Waals surface area contributed by atoms with E-state index < -0.39 is 37.4 Å². The lowest BCUT2D eigenvalue weighted by Gasteiger charge is -2.35. The van der Waals surface area contributed by atoms with Crippen molar-refractivity contribution in [2.24, 2.45) is 0 Å². The Balaban J connectivity index is 1.54. The highest BCUT2D eigenvalue weighted by Crippen LogP contribution is 2.45. The van der Waals surface area contributed by atoms with Crippen LogP contribution in [0.4, 0.5) is 37.8 Å². The molecule has 2 aliphatic rings. The summed E-state index contributed by atoms with van der Waals surface area (Å²) >= 11 is 6.61. The van der Waals surface area contributed by atoms with Crippen LogP contribution in [-0.4, -0.2) is 64.1 Å². The Morgan fingerprint density at radius 1 is 0.940 bits per heavy atom. The van der Waals surface area contributed by atoms with Gasteiger partial charge in [0, 0.05) is 36.4 Å². The van der Waals surface area contributed by atoms with Crippen molar-refractivity contribution in [2.45, 2.75) is 61.0 Å². The number of benzene rings is 1. The highest BCUT2D eigenvalue weighted by Gasteiger charge is 2.47. The quantitative estimate of drug-likeness (QED) is 0.245. The summed E-state index contributed by atoms with van der Waals surface area (Å²) in [5.41, 5.74) is -8.09. The molecule has 1 N–H and O–H groups in total. The number of morpholine rings is 1. The number of anilines is 2. The molecule has 6 rings (SSSR count). The summed E-state index contributed by atoms with van der Waals surface area (Å²) in [6.07, 6.45) is 0.781. The molecule has 264 valence electrons. The Labute approximate surface area is 287 Å². The van der Waals surface area contributed by atoms with Crippen LogP contribution in [0.2, 0.25) is 5.02 Å². The number of hydrogen-bond acceptors (Lipinski definition) is 9. The first-order chi connectivity index (χ1) is 23.5. The smallest absolute Gasteiger partial charge is 0.373 e. The van der Waals surface area contributed by atoms with Crippen LogP contribution in [0.5, 0.6) is 0 Å². The van der Waals surface area contributed by atoms with Crippen molar-refractivity contribution >= 4 is 45.1 Å². The molecule has 1 fully saturated rings. The van der Waals surface area contributed by atoms with E-state index in [9.17, 15) is 34.8 Å². The number of halogens is 7. The lowest BCUT2D eigenvalue weighted by molar-refractivity contribution is -0.138. The van der Waals surface area contributed by atoms with Crippen LogP contribution in [0, 0.1) is 0 Å². The molecule has 50 heavy (non-hydrogen) atoms. The van der Waals surface area contributed by atoms with E-state index in [2.05, 4.69) is 20.2 Å². The van der Waals surface area contributed by atoms with E-state index in [4.69, 9.17) is 26.3 Å². The van der Waals surface area contributed by atoms with Crippen molar-refractivity contribution in [3.05, 3.63) is 99.3 Å². The van der Waals surface area contributed by atoms with Crippen LogP contribution < -0.4 is 15.9 Å². The fourth-order valence-electron chi connectivity index (χ4n) is 6.31. The molecule has 0 amide bonds. The maximum atomic E-state index is 14.5. The molecule has 3 unspecified atom stereocenters. The second-order valence-corrected chi connectivity index (χ2v) is 14.4. The standard InChI is InChI=1S/C33H29ClF6N6O3S/c1-19-16-46(17-20(2)49-19)18-27-44-26-15-31(29-25(34)6-4-14-42-29,28-24(32(35,36)37)5-3-13-41-28)12-11-23(26)30(45-27)43-21-7-9-22(10-8-21)50(47,48)33(38,39)40/h3-11,13-15,19-20H,12,16-18H2,1-2H3,(H,43,44,45). The van der Waals surface area contributed by atoms with Gasteiger partial charge >= 0.3 is 11.7 Å². The molecule has 0 radical (unpaired) electrons. The molecule has 4 aromatic rings. The van der Waals surface area contributed by atoms with Crippen molar-refractivity contribution in [1.82, 2.24) is 24.8 Å². The largest absolute Gasteiger partial charge is 0.501 e. The first-order valence-corrected chi connectivity index (χ1v) is 17.1. The minimum Gasteiger partial charge on any atom is -0.373 e. The van der Waals surface area contributed by atoms with Crippen molar-refractivity contribution in [3.63, 3.8) is 0 Å². The summed E-state index contributed by atoms with van der Waals surface area (Å²) in [7, 11) is -5.58. The van der Waals surface area contributed by atoms with Gasteiger partial charge in [-0.1, -0.05) is 17.7 Å². The highest BCUT2D eigenvalue weighted by molar-refractivity contribution is 7.92. The van der Waals surface area contributed by atoms with Gasteiger partial charge in [-0.05, 0) is 74.9 Å². The van der Waals surface area contributed by atoms with E-state index in [-0.39, 0.29) is 64.3 Å². The molecule has 3 aromatic heterocycles. The third-order valence-corrected chi connectivity index (χ3v) is 10.1. The first-order valence-electron chi connectivity index (χ1n) is 15.3. The zero-order chi connectivity index (χ0) is 36.1. The van der Waals surface area contributed by atoms with Gasteiger partial charge in [-0.3, -0.25) is 14.9 Å². The second-order valence-electron chi connectivity index (χ2n) is 12.1. The number of nitrogens with zero attached hydrogens (tertiary/aromatic N) is 5. The van der Waals surface area contributed by atoms with Gasteiger partial charge in [-0.15, -0.1) is 0 Å². The highest BCUT2D eigenvalue weighted by atomic mass is 35.5.